The van der Waals surface area contributed by atoms with Gasteiger partial charge in [0.2, 0.25) is 0 Å². The standard InChI is InChI=1S/C16H22N2O3/c1-17-10-4-7-13(17)15(19)18-12-6-3-2-5-11(12)8-9-14(18)16(20)21/h4,7,10-12,14H,2-3,5-6,8-9H2,1H3,(H,20,21). The maximum Gasteiger partial charge on any atom is 0.326 e. The van der Waals surface area contributed by atoms with Crippen LogP contribution in [0.15, 0.2) is 18.3 Å². The fourth-order valence-electron chi connectivity index (χ4n) is 3.98. The molecule has 5 nitrogen and oxygen atoms in total. The summed E-state index contributed by atoms with van der Waals surface area (Å²) in [6, 6.07) is 3.02. The molecule has 0 radical (unpaired) electrons. The van der Waals surface area contributed by atoms with Crippen molar-refractivity contribution in [1.82, 2.24) is 9.47 Å². The van der Waals surface area contributed by atoms with Gasteiger partial charge in [-0.25, -0.2) is 4.79 Å². The van der Waals surface area contributed by atoms with Gasteiger partial charge in [-0.15, -0.1) is 0 Å². The molecule has 1 aromatic heterocycles. The highest BCUT2D eigenvalue weighted by Gasteiger charge is 2.44. The van der Waals surface area contributed by atoms with Crippen LogP contribution < -0.4 is 0 Å². The van der Waals surface area contributed by atoms with Crippen molar-refractivity contribution in [1.29, 1.82) is 0 Å². The molecule has 1 saturated heterocycles. The van der Waals surface area contributed by atoms with Crippen LogP contribution in [0.4, 0.5) is 0 Å². The van der Waals surface area contributed by atoms with Crippen molar-refractivity contribution in [3.05, 3.63) is 24.0 Å². The Labute approximate surface area is 124 Å². The molecule has 3 atom stereocenters. The molecule has 2 heterocycles. The first-order valence-corrected chi connectivity index (χ1v) is 7.76. The highest BCUT2D eigenvalue weighted by Crippen LogP contribution is 2.38. The average Bonchev–Trinajstić information content (AvgIpc) is 2.91. The van der Waals surface area contributed by atoms with Crippen molar-refractivity contribution < 1.29 is 14.7 Å². The molecule has 0 bridgehead atoms. The molecule has 1 N–H and O–H groups in total. The van der Waals surface area contributed by atoms with Gasteiger partial charge in [0.25, 0.3) is 5.91 Å². The number of carboxylic acid groups (broad SMARTS) is 1. The van der Waals surface area contributed by atoms with Crippen LogP contribution in [-0.2, 0) is 11.8 Å². The maximum atomic E-state index is 12.9. The van der Waals surface area contributed by atoms with Crippen LogP contribution in [0.2, 0.25) is 0 Å². The molecule has 1 aliphatic heterocycles. The highest BCUT2D eigenvalue weighted by atomic mass is 16.4. The molecule has 5 heteroatoms. The summed E-state index contributed by atoms with van der Waals surface area (Å²) in [5.74, 6) is -0.536. The number of aryl methyl sites for hydroxylation is 1. The van der Waals surface area contributed by atoms with E-state index in [4.69, 9.17) is 0 Å². The molecule has 3 rings (SSSR count). The molecule has 3 unspecified atom stereocenters. The lowest BCUT2D eigenvalue weighted by Crippen LogP contribution is -2.57. The van der Waals surface area contributed by atoms with Gasteiger partial charge in [-0.2, -0.15) is 0 Å². The van der Waals surface area contributed by atoms with Gasteiger partial charge in [0.05, 0.1) is 0 Å². The fraction of sp³-hybridized carbons (Fsp3) is 0.625. The smallest absolute Gasteiger partial charge is 0.326 e. The van der Waals surface area contributed by atoms with Crippen LogP contribution in [0.1, 0.15) is 49.0 Å². The topological polar surface area (TPSA) is 62.5 Å². The molecule has 1 aliphatic carbocycles. The molecule has 21 heavy (non-hydrogen) atoms. The van der Waals surface area contributed by atoms with Crippen LogP contribution in [0.5, 0.6) is 0 Å². The molecule has 1 amide bonds. The van der Waals surface area contributed by atoms with Gasteiger partial charge in [0.15, 0.2) is 0 Å². The minimum absolute atomic E-state index is 0.0935. The van der Waals surface area contributed by atoms with Crippen molar-refractivity contribution in [2.75, 3.05) is 0 Å². The molecule has 1 aromatic rings. The Hall–Kier alpha value is -1.78. The number of aliphatic carboxylic acids is 1. The van der Waals surface area contributed by atoms with E-state index in [1.165, 1.54) is 6.42 Å². The zero-order chi connectivity index (χ0) is 15.0. The second kappa shape index (κ2) is 5.54. The summed E-state index contributed by atoms with van der Waals surface area (Å²) < 4.78 is 1.77. The van der Waals surface area contributed by atoms with Crippen molar-refractivity contribution in [3.63, 3.8) is 0 Å². The molecule has 114 valence electrons. The minimum Gasteiger partial charge on any atom is -0.480 e. The number of fused-ring (bicyclic) bond motifs is 1. The summed E-state index contributed by atoms with van der Waals surface area (Å²) in [6.45, 7) is 0. The van der Waals surface area contributed by atoms with E-state index in [9.17, 15) is 14.7 Å². The van der Waals surface area contributed by atoms with E-state index < -0.39 is 12.0 Å². The van der Waals surface area contributed by atoms with E-state index in [0.717, 1.165) is 25.7 Å². The lowest BCUT2D eigenvalue weighted by molar-refractivity contribution is -0.146. The van der Waals surface area contributed by atoms with Crippen molar-refractivity contribution >= 4 is 11.9 Å². The minimum atomic E-state index is -0.874. The summed E-state index contributed by atoms with van der Waals surface area (Å²) in [5.41, 5.74) is 0.576. The third kappa shape index (κ3) is 2.45. The number of piperidine rings is 1. The average molecular weight is 290 g/mol. The number of rotatable bonds is 2. The van der Waals surface area contributed by atoms with E-state index in [2.05, 4.69) is 0 Å². The van der Waals surface area contributed by atoms with Crippen molar-refractivity contribution in [3.8, 4) is 0 Å². The number of nitrogens with zero attached hydrogens (tertiary/aromatic N) is 2. The lowest BCUT2D eigenvalue weighted by atomic mass is 9.76. The van der Waals surface area contributed by atoms with E-state index in [0.29, 0.717) is 18.0 Å². The number of carbonyl (C=O) groups excluding carboxylic acids is 1. The van der Waals surface area contributed by atoms with Crippen molar-refractivity contribution in [2.45, 2.75) is 50.6 Å². The first-order chi connectivity index (χ1) is 10.1. The Morgan fingerprint density at radius 3 is 2.62 bits per heavy atom. The van der Waals surface area contributed by atoms with Gasteiger partial charge in [-0.1, -0.05) is 12.8 Å². The summed E-state index contributed by atoms with van der Waals surface area (Å²) in [7, 11) is 1.82. The van der Waals surface area contributed by atoms with Crippen molar-refractivity contribution in [2.24, 2.45) is 13.0 Å². The Bertz CT molecular complexity index is 551. The third-order valence-electron chi connectivity index (χ3n) is 5.06. The van der Waals surface area contributed by atoms with E-state index >= 15 is 0 Å². The fourth-order valence-corrected chi connectivity index (χ4v) is 3.98. The predicted octanol–water partition coefficient (Wildman–Crippen LogP) is 2.27. The number of carboxylic acids is 1. The first-order valence-electron chi connectivity index (χ1n) is 7.76. The molecule has 0 spiro atoms. The second-order valence-electron chi connectivity index (χ2n) is 6.26. The van der Waals surface area contributed by atoms with E-state index in [-0.39, 0.29) is 11.9 Å². The van der Waals surface area contributed by atoms with Crippen LogP contribution in [-0.4, -0.2) is 38.5 Å². The number of amides is 1. The largest absolute Gasteiger partial charge is 0.480 e. The summed E-state index contributed by atoms with van der Waals surface area (Å²) in [6.07, 6.45) is 7.67. The lowest BCUT2D eigenvalue weighted by Gasteiger charge is -2.47. The number of aromatic nitrogens is 1. The predicted molar refractivity (Wildman–Crippen MR) is 78.0 cm³/mol. The van der Waals surface area contributed by atoms with Crippen LogP contribution in [0, 0.1) is 5.92 Å². The Balaban J connectivity index is 1.94. The summed E-state index contributed by atoms with van der Waals surface area (Å²) in [5, 5.41) is 9.51. The number of carbonyl (C=O) groups is 2. The van der Waals surface area contributed by atoms with Gasteiger partial charge >= 0.3 is 5.97 Å². The molecular formula is C16H22N2O3. The van der Waals surface area contributed by atoms with E-state index in [1.54, 1.807) is 15.5 Å². The molecular weight excluding hydrogens is 268 g/mol. The van der Waals surface area contributed by atoms with E-state index in [1.807, 2.05) is 19.3 Å². The zero-order valence-electron chi connectivity index (χ0n) is 12.4. The number of likely N-dealkylation sites (tertiary alicyclic amines) is 1. The first kappa shape index (κ1) is 14.2. The van der Waals surface area contributed by atoms with Crippen LogP contribution in [0.25, 0.3) is 0 Å². The highest BCUT2D eigenvalue weighted by molar-refractivity contribution is 5.95. The summed E-state index contributed by atoms with van der Waals surface area (Å²) in [4.78, 5) is 26.2. The summed E-state index contributed by atoms with van der Waals surface area (Å²) >= 11 is 0. The Morgan fingerprint density at radius 2 is 1.95 bits per heavy atom. The normalized spacial score (nSPS) is 29.0. The molecule has 2 aliphatic rings. The van der Waals surface area contributed by atoms with Crippen LogP contribution >= 0.6 is 0 Å². The zero-order valence-corrected chi connectivity index (χ0v) is 12.4. The Kier molecular flexibility index (Phi) is 3.74. The quantitative estimate of drug-likeness (QED) is 0.909. The van der Waals surface area contributed by atoms with Gasteiger partial charge < -0.3 is 14.6 Å². The SMILES string of the molecule is Cn1cccc1C(=O)N1C(C(=O)O)CCC2CCCCC21. The van der Waals surface area contributed by atoms with Gasteiger partial charge in [-0.05, 0) is 43.7 Å². The van der Waals surface area contributed by atoms with Gasteiger partial charge in [0, 0.05) is 19.3 Å². The van der Waals surface area contributed by atoms with Crippen LogP contribution in [0.3, 0.4) is 0 Å². The van der Waals surface area contributed by atoms with Gasteiger partial charge in [-0.3, -0.25) is 4.79 Å². The second-order valence-corrected chi connectivity index (χ2v) is 6.26. The third-order valence-corrected chi connectivity index (χ3v) is 5.06. The molecule has 1 saturated carbocycles. The molecule has 0 aromatic carbocycles. The maximum absolute atomic E-state index is 12.9. The number of hydrogen-bond donors (Lipinski definition) is 1. The molecule has 2 fully saturated rings. The monoisotopic (exact) mass is 290 g/mol. The Morgan fingerprint density at radius 1 is 1.19 bits per heavy atom. The van der Waals surface area contributed by atoms with Gasteiger partial charge in [0.1, 0.15) is 11.7 Å². The number of hydrogen-bond acceptors (Lipinski definition) is 2.